The number of carbonyl (C=O) groups is 1. The van der Waals surface area contributed by atoms with Crippen LogP contribution >= 0.6 is 0 Å². The Bertz CT molecular complexity index is 1270. The van der Waals surface area contributed by atoms with Crippen molar-refractivity contribution in [3.63, 3.8) is 0 Å². The highest BCUT2D eigenvalue weighted by Gasteiger charge is 2.38. The number of methoxy groups -OCH3 is 2. The Labute approximate surface area is 170 Å². The standard InChI is InChI=1S/C20H29NO3/c1-5-13(2)8-15-12-21-7-6-14-9-19(23-3)20(24-4)10-16(14)17(21)11-18(15)22/h9-10,13,15,17H,5-8,11-12H2,1-4H3/i2D3,4D3,5D2,6D2,7D2,8D2,9D,10D,13D,17D. The topological polar surface area (TPSA) is 38.8 Å². The van der Waals surface area contributed by atoms with Crippen molar-refractivity contribution in [2.45, 2.75) is 45.3 Å². The highest BCUT2D eigenvalue weighted by Crippen LogP contribution is 2.42. The predicted molar refractivity (Wildman–Crippen MR) is 94.8 cm³/mol. The number of piperidine rings is 1. The number of ether oxygens (including phenoxy) is 2. The lowest BCUT2D eigenvalue weighted by molar-refractivity contribution is -0.129. The summed E-state index contributed by atoms with van der Waals surface area (Å²) >= 11 is 0. The predicted octanol–water partition coefficient (Wildman–Crippen LogP) is 3.63. The molecule has 3 rings (SSSR count). The van der Waals surface area contributed by atoms with Crippen LogP contribution in [-0.4, -0.2) is 37.9 Å². The van der Waals surface area contributed by atoms with Gasteiger partial charge in [0.1, 0.15) is 5.78 Å². The first-order chi connectivity index (χ1) is 18.5. The molecule has 0 aliphatic carbocycles. The maximum Gasteiger partial charge on any atom is 0.161 e. The third kappa shape index (κ3) is 3.16. The number of nitrogens with zero attached hydrogens (tertiary/aromatic N) is 1. The summed E-state index contributed by atoms with van der Waals surface area (Å²) < 4.78 is 158. The van der Waals surface area contributed by atoms with E-state index in [1.165, 1.54) is 0 Å². The molecule has 0 spiro atoms. The molecule has 1 saturated heterocycles. The van der Waals surface area contributed by atoms with E-state index in [4.69, 9.17) is 32.8 Å². The van der Waals surface area contributed by atoms with Crippen molar-refractivity contribution in [2.24, 2.45) is 11.8 Å². The Morgan fingerprint density at radius 1 is 1.58 bits per heavy atom. The van der Waals surface area contributed by atoms with Gasteiger partial charge in [0.25, 0.3) is 0 Å². The Morgan fingerprint density at radius 2 is 2.42 bits per heavy atom. The van der Waals surface area contributed by atoms with Crippen LogP contribution in [0.5, 0.6) is 11.5 Å². The molecule has 132 valence electrons. The number of fused-ring (bicyclic) bond motifs is 3. The van der Waals surface area contributed by atoms with Gasteiger partial charge in [0.15, 0.2) is 11.5 Å². The second-order valence-corrected chi connectivity index (χ2v) is 5.22. The van der Waals surface area contributed by atoms with Gasteiger partial charge in [0, 0.05) is 47.8 Å². The van der Waals surface area contributed by atoms with Crippen molar-refractivity contribution in [3.8, 4) is 11.5 Å². The van der Waals surface area contributed by atoms with Crippen molar-refractivity contribution < 1.29 is 38.9 Å². The summed E-state index contributed by atoms with van der Waals surface area (Å²) in [6.07, 6.45) is -11.2. The van der Waals surface area contributed by atoms with Crippen LogP contribution in [0.25, 0.3) is 0 Å². The monoisotopic (exact) mass is 349 g/mol. The summed E-state index contributed by atoms with van der Waals surface area (Å²) in [7, 11) is -2.26. The highest BCUT2D eigenvalue weighted by atomic mass is 16.5. The normalized spacial score (nSPS) is 46.8. The van der Waals surface area contributed by atoms with Gasteiger partial charge in [-0.15, -0.1) is 0 Å². The van der Waals surface area contributed by atoms with Gasteiger partial charge < -0.3 is 9.47 Å². The number of ketones is 1. The molecular formula is C20H29NO3. The summed E-state index contributed by atoms with van der Waals surface area (Å²) in [6, 6.07) is -4.75. The van der Waals surface area contributed by atoms with Crippen LogP contribution in [0.1, 0.15) is 74.8 Å². The molecule has 3 atom stereocenters. The average molecular weight is 350 g/mol. The van der Waals surface area contributed by atoms with Crippen molar-refractivity contribution in [1.29, 1.82) is 0 Å². The molecule has 24 heavy (non-hydrogen) atoms. The summed E-state index contributed by atoms with van der Waals surface area (Å²) in [5.74, 6) is -8.79. The Hall–Kier alpha value is -1.55. The molecule has 0 amide bonds. The number of rotatable bonds is 5. The Balaban J connectivity index is 2.38. The summed E-state index contributed by atoms with van der Waals surface area (Å²) in [5.41, 5.74) is -1.73. The van der Waals surface area contributed by atoms with E-state index in [2.05, 4.69) is 0 Å². The molecule has 0 aromatic heterocycles. The quantitative estimate of drug-likeness (QED) is 0.814. The van der Waals surface area contributed by atoms with Gasteiger partial charge >= 0.3 is 0 Å². The van der Waals surface area contributed by atoms with Gasteiger partial charge in [0.2, 0.25) is 0 Å². The van der Waals surface area contributed by atoms with Gasteiger partial charge in [-0.2, -0.15) is 0 Å². The van der Waals surface area contributed by atoms with E-state index in [0.717, 1.165) is 7.11 Å². The summed E-state index contributed by atoms with van der Waals surface area (Å²) in [5, 5.41) is 0. The molecule has 0 N–H and O–H groups in total. The number of Topliss-reactive ketones (excluding diaryl/α,β-unsaturated/α-hetero) is 1. The summed E-state index contributed by atoms with van der Waals surface area (Å²) in [6.45, 7) is -7.60. The van der Waals surface area contributed by atoms with Gasteiger partial charge in [-0.1, -0.05) is 20.1 Å². The Morgan fingerprint density at radius 3 is 3.12 bits per heavy atom. The molecule has 1 fully saturated rings. The van der Waals surface area contributed by atoms with Crippen LogP contribution in [0.4, 0.5) is 0 Å². The molecule has 0 bridgehead atoms. The maximum atomic E-state index is 13.6. The van der Waals surface area contributed by atoms with Gasteiger partial charge in [0.05, 0.1) is 22.4 Å². The lowest BCUT2D eigenvalue weighted by Crippen LogP contribution is -2.46. The summed E-state index contributed by atoms with van der Waals surface area (Å²) in [4.78, 5) is 13.9. The first-order valence-electron chi connectivity index (χ1n) is 16.2. The SMILES string of the molecule is [2H]c1c(OC([2H])([2H])[2H])c(OC)c([2H])c2c1C1([2H])CC(=O)C(C([2H])([2H])C([2H])(C([2H])([2H])[2H])C([2H])([2H])C)CN1C([2H])([2H])C2([2H])[2H]. The second-order valence-electron chi connectivity index (χ2n) is 5.22. The zero-order chi connectivity index (χ0) is 33.0. The first-order valence-corrected chi connectivity index (χ1v) is 7.18. The molecule has 0 saturated carbocycles. The molecule has 3 unspecified atom stereocenters. The van der Waals surface area contributed by atoms with Crippen molar-refractivity contribution in [2.75, 3.05) is 27.2 Å². The van der Waals surface area contributed by atoms with E-state index >= 15 is 0 Å². The second kappa shape index (κ2) is 7.14. The van der Waals surface area contributed by atoms with E-state index in [1.54, 1.807) is 0 Å². The van der Waals surface area contributed by atoms with Crippen LogP contribution < -0.4 is 9.47 Å². The van der Waals surface area contributed by atoms with Gasteiger partial charge in [-0.25, -0.2) is 0 Å². The van der Waals surface area contributed by atoms with E-state index < -0.39 is 111 Å². The number of hydrogen-bond donors (Lipinski definition) is 0. The van der Waals surface area contributed by atoms with Gasteiger partial charge in [-0.3, -0.25) is 9.69 Å². The lowest BCUT2D eigenvalue weighted by Gasteiger charge is -2.43. The fraction of sp³-hybridized carbons (Fsp3) is 0.650. The number of hydrogen-bond acceptors (Lipinski definition) is 4. The molecule has 2 aliphatic rings. The minimum Gasteiger partial charge on any atom is -0.493 e. The molecule has 2 heterocycles. The van der Waals surface area contributed by atoms with E-state index in [0.29, 0.717) is 11.8 Å². The van der Waals surface area contributed by atoms with Crippen LogP contribution in [-0.2, 0) is 11.2 Å². The third-order valence-corrected chi connectivity index (χ3v) is 3.83. The molecule has 4 nitrogen and oxygen atoms in total. The molecule has 0 radical (unpaired) electrons. The van der Waals surface area contributed by atoms with Crippen LogP contribution in [0, 0.1) is 11.8 Å². The first kappa shape index (κ1) is 5.73. The van der Waals surface area contributed by atoms with Gasteiger partial charge in [-0.05, 0) is 41.9 Å². The molecule has 2 aliphatic heterocycles. The largest absolute Gasteiger partial charge is 0.493 e. The van der Waals surface area contributed by atoms with Crippen molar-refractivity contribution in [1.82, 2.24) is 4.90 Å². The van der Waals surface area contributed by atoms with Crippen LogP contribution in [0.15, 0.2) is 12.1 Å². The van der Waals surface area contributed by atoms with Crippen LogP contribution in [0.2, 0.25) is 0 Å². The Kier molecular flexibility index (Phi) is 1.70. The maximum absolute atomic E-state index is 13.6. The number of carbonyl (C=O) groups excluding carboxylic acids is 1. The highest BCUT2D eigenvalue weighted by molar-refractivity contribution is 5.83. The lowest BCUT2D eigenvalue weighted by atomic mass is 9.79. The average Bonchev–Trinajstić information content (AvgIpc) is 2.76. The molecule has 4 heteroatoms. The van der Waals surface area contributed by atoms with Crippen molar-refractivity contribution in [3.05, 3.63) is 23.2 Å². The van der Waals surface area contributed by atoms with Crippen molar-refractivity contribution >= 4 is 5.78 Å². The number of benzene rings is 1. The molecular weight excluding hydrogens is 302 g/mol. The fourth-order valence-electron chi connectivity index (χ4n) is 2.60. The van der Waals surface area contributed by atoms with E-state index in [1.807, 2.05) is 0 Å². The fourth-order valence-corrected chi connectivity index (χ4v) is 2.60. The smallest absolute Gasteiger partial charge is 0.161 e. The van der Waals surface area contributed by atoms with E-state index in [9.17, 15) is 6.17 Å². The minimum absolute atomic E-state index is 0.362. The minimum atomic E-state index is -3.65. The molecule has 1 aromatic rings. The van der Waals surface area contributed by atoms with E-state index in [-0.39, 0.29) is 0 Å². The molecule has 1 aromatic carbocycles. The van der Waals surface area contributed by atoms with Crippen LogP contribution in [0.3, 0.4) is 0 Å². The zero-order valence-corrected chi connectivity index (χ0v) is 13.2. The third-order valence-electron chi connectivity index (χ3n) is 3.83. The zero-order valence-electron chi connectivity index (χ0n) is 31.2.